The molecule has 4 atom stereocenters. The van der Waals surface area contributed by atoms with Crippen LogP contribution in [0.1, 0.15) is 74.6 Å². The molecule has 10 heteroatoms. The van der Waals surface area contributed by atoms with Crippen molar-refractivity contribution in [1.29, 1.82) is 0 Å². The maximum Gasteiger partial charge on any atom is 0.319 e. The van der Waals surface area contributed by atoms with Gasteiger partial charge in [-0.05, 0) is 77.3 Å². The molecule has 1 aliphatic heterocycles. The number of urea groups is 1. The first-order valence-corrected chi connectivity index (χ1v) is 15.2. The van der Waals surface area contributed by atoms with Gasteiger partial charge in [0.05, 0.1) is 30.4 Å². The molecule has 0 bridgehead atoms. The predicted molar refractivity (Wildman–Crippen MR) is 168 cm³/mol. The van der Waals surface area contributed by atoms with Crippen molar-refractivity contribution >= 4 is 23.5 Å². The standard InChI is InChI=1S/C33H48N4O6/c1-22(2)34-33(41)35-27-15-16-29-28(18-27)32(40)37(24(4)21-38)19-23(3)30(42-17-11-10-12-25(5)43-29)20-36(6)31(39)26-13-8-7-9-14-26/h7-9,13-16,18,22-25,30,38H,10-12,17,19-21H2,1-6H3,(H2,34,35,41)/t23-,24-,25+,30+/m1/s1. The van der Waals surface area contributed by atoms with Crippen molar-refractivity contribution in [2.75, 3.05) is 38.7 Å². The summed E-state index contributed by atoms with van der Waals surface area (Å²) in [6, 6.07) is 13.2. The van der Waals surface area contributed by atoms with Crippen LogP contribution >= 0.6 is 0 Å². The molecule has 10 nitrogen and oxygen atoms in total. The van der Waals surface area contributed by atoms with E-state index in [-0.39, 0.29) is 55.2 Å². The van der Waals surface area contributed by atoms with E-state index in [1.807, 2.05) is 45.9 Å². The molecule has 0 saturated heterocycles. The van der Waals surface area contributed by atoms with Gasteiger partial charge in [0, 0.05) is 50.0 Å². The van der Waals surface area contributed by atoms with E-state index in [9.17, 15) is 19.5 Å². The predicted octanol–water partition coefficient (Wildman–Crippen LogP) is 4.78. The molecule has 2 aromatic rings. The number of hydrogen-bond acceptors (Lipinski definition) is 6. The fraction of sp³-hybridized carbons (Fsp3) is 0.545. The number of aliphatic hydroxyl groups excluding tert-OH is 1. The van der Waals surface area contributed by atoms with Gasteiger partial charge < -0.3 is 35.0 Å². The molecule has 3 N–H and O–H groups in total. The van der Waals surface area contributed by atoms with Gasteiger partial charge in [-0.3, -0.25) is 9.59 Å². The third-order valence-corrected chi connectivity index (χ3v) is 7.55. The molecule has 236 valence electrons. The Morgan fingerprint density at radius 3 is 2.49 bits per heavy atom. The SMILES string of the molecule is CC(C)NC(=O)Nc1ccc2c(c1)C(=O)N([C@H](C)CO)C[C@@H](C)[C@H](CN(C)C(=O)c1ccccc1)OCCCC[C@H](C)O2. The minimum atomic E-state index is -0.502. The lowest BCUT2D eigenvalue weighted by Crippen LogP contribution is -2.48. The van der Waals surface area contributed by atoms with Crippen LogP contribution in [-0.2, 0) is 4.74 Å². The summed E-state index contributed by atoms with van der Waals surface area (Å²) >= 11 is 0. The third kappa shape index (κ3) is 9.96. The van der Waals surface area contributed by atoms with Gasteiger partial charge in [0.25, 0.3) is 11.8 Å². The zero-order chi connectivity index (χ0) is 31.5. The van der Waals surface area contributed by atoms with E-state index in [1.165, 1.54) is 0 Å². The van der Waals surface area contributed by atoms with Crippen molar-refractivity contribution in [3.05, 3.63) is 59.7 Å². The van der Waals surface area contributed by atoms with Crippen molar-refractivity contribution in [1.82, 2.24) is 15.1 Å². The molecule has 0 saturated carbocycles. The van der Waals surface area contributed by atoms with Gasteiger partial charge in [-0.1, -0.05) is 25.1 Å². The van der Waals surface area contributed by atoms with Gasteiger partial charge in [0.2, 0.25) is 0 Å². The van der Waals surface area contributed by atoms with Crippen LogP contribution in [0.2, 0.25) is 0 Å². The second-order valence-electron chi connectivity index (χ2n) is 11.8. The van der Waals surface area contributed by atoms with Gasteiger partial charge in [-0.25, -0.2) is 4.79 Å². The number of carbonyl (C=O) groups excluding carboxylic acids is 3. The van der Waals surface area contributed by atoms with Crippen LogP contribution < -0.4 is 15.4 Å². The molecule has 4 amide bonds. The summed E-state index contributed by atoms with van der Waals surface area (Å²) in [4.78, 5) is 43.0. The number of benzene rings is 2. The highest BCUT2D eigenvalue weighted by Crippen LogP contribution is 2.28. The van der Waals surface area contributed by atoms with E-state index in [0.29, 0.717) is 35.7 Å². The fourth-order valence-corrected chi connectivity index (χ4v) is 5.05. The first kappa shape index (κ1) is 33.9. The molecule has 0 unspecified atom stereocenters. The Labute approximate surface area is 255 Å². The Balaban J connectivity index is 1.93. The minimum Gasteiger partial charge on any atom is -0.490 e. The lowest BCUT2D eigenvalue weighted by atomic mass is 10.0. The van der Waals surface area contributed by atoms with E-state index < -0.39 is 6.04 Å². The van der Waals surface area contributed by atoms with Gasteiger partial charge in [-0.2, -0.15) is 0 Å². The van der Waals surface area contributed by atoms with E-state index in [0.717, 1.165) is 19.3 Å². The molecule has 2 aromatic carbocycles. The summed E-state index contributed by atoms with van der Waals surface area (Å²) in [5.74, 6) is -0.177. The molecule has 1 aliphatic rings. The Morgan fingerprint density at radius 2 is 1.81 bits per heavy atom. The average Bonchev–Trinajstić information content (AvgIpc) is 2.98. The second kappa shape index (κ2) is 16.3. The summed E-state index contributed by atoms with van der Waals surface area (Å²) in [6.45, 7) is 10.4. The number of fused-ring (bicyclic) bond motifs is 1. The first-order chi connectivity index (χ1) is 20.5. The molecule has 0 aromatic heterocycles. The van der Waals surface area contributed by atoms with Crippen LogP contribution in [0.15, 0.2) is 48.5 Å². The van der Waals surface area contributed by atoms with Crippen molar-refractivity contribution in [2.24, 2.45) is 5.92 Å². The highest BCUT2D eigenvalue weighted by molar-refractivity contribution is 5.99. The molecule has 0 fully saturated rings. The fourth-order valence-electron chi connectivity index (χ4n) is 5.05. The summed E-state index contributed by atoms with van der Waals surface area (Å²) in [5, 5.41) is 15.7. The summed E-state index contributed by atoms with van der Waals surface area (Å²) in [7, 11) is 1.76. The molecule has 0 radical (unpaired) electrons. The quantitative estimate of drug-likeness (QED) is 0.423. The molecular formula is C33H48N4O6. The third-order valence-electron chi connectivity index (χ3n) is 7.55. The normalized spacial score (nSPS) is 20.8. The number of nitrogens with one attached hydrogen (secondary N) is 2. The van der Waals surface area contributed by atoms with Crippen LogP contribution in [-0.4, -0.2) is 90.4 Å². The van der Waals surface area contributed by atoms with E-state index in [2.05, 4.69) is 10.6 Å². The van der Waals surface area contributed by atoms with Crippen molar-refractivity contribution in [3.63, 3.8) is 0 Å². The number of ether oxygens (including phenoxy) is 2. The number of rotatable bonds is 7. The number of likely N-dealkylation sites (N-methyl/N-ethyl adjacent to an activating group) is 1. The van der Waals surface area contributed by atoms with Gasteiger partial charge >= 0.3 is 6.03 Å². The van der Waals surface area contributed by atoms with E-state index in [4.69, 9.17) is 9.47 Å². The number of anilines is 1. The van der Waals surface area contributed by atoms with Crippen LogP contribution in [0, 0.1) is 5.92 Å². The Bertz CT molecular complexity index is 1210. The molecule has 1 heterocycles. The number of nitrogens with zero attached hydrogens (tertiary/aromatic N) is 2. The highest BCUT2D eigenvalue weighted by Gasteiger charge is 2.31. The van der Waals surface area contributed by atoms with E-state index in [1.54, 1.807) is 54.1 Å². The minimum absolute atomic E-state index is 0.0531. The second-order valence-corrected chi connectivity index (χ2v) is 11.8. The van der Waals surface area contributed by atoms with Crippen LogP contribution in [0.4, 0.5) is 10.5 Å². The molecular weight excluding hydrogens is 548 g/mol. The van der Waals surface area contributed by atoms with Gasteiger partial charge in [0.1, 0.15) is 5.75 Å². The van der Waals surface area contributed by atoms with Crippen LogP contribution in [0.3, 0.4) is 0 Å². The highest BCUT2D eigenvalue weighted by atomic mass is 16.5. The number of carbonyl (C=O) groups is 3. The summed E-state index contributed by atoms with van der Waals surface area (Å²) in [6.07, 6.45) is 1.95. The molecule has 0 spiro atoms. The Hall–Kier alpha value is -3.63. The zero-order valence-electron chi connectivity index (χ0n) is 26.3. The smallest absolute Gasteiger partial charge is 0.319 e. The number of aliphatic hydroxyl groups is 1. The maximum absolute atomic E-state index is 14.2. The number of hydrogen-bond donors (Lipinski definition) is 3. The summed E-state index contributed by atoms with van der Waals surface area (Å²) in [5.41, 5.74) is 1.35. The van der Waals surface area contributed by atoms with Crippen molar-refractivity contribution in [2.45, 2.75) is 78.2 Å². The largest absolute Gasteiger partial charge is 0.490 e. The maximum atomic E-state index is 14.2. The Kier molecular flexibility index (Phi) is 12.8. The average molecular weight is 597 g/mol. The molecule has 3 rings (SSSR count). The van der Waals surface area contributed by atoms with Crippen molar-refractivity contribution in [3.8, 4) is 5.75 Å². The summed E-state index contributed by atoms with van der Waals surface area (Å²) < 4.78 is 12.6. The lowest BCUT2D eigenvalue weighted by Gasteiger charge is -2.36. The molecule has 0 aliphatic carbocycles. The zero-order valence-corrected chi connectivity index (χ0v) is 26.3. The van der Waals surface area contributed by atoms with Gasteiger partial charge in [-0.15, -0.1) is 0 Å². The Morgan fingerprint density at radius 1 is 1.09 bits per heavy atom. The first-order valence-electron chi connectivity index (χ1n) is 15.2. The van der Waals surface area contributed by atoms with Crippen molar-refractivity contribution < 1.29 is 29.0 Å². The molecule has 43 heavy (non-hydrogen) atoms. The topological polar surface area (TPSA) is 120 Å². The number of amides is 4. The van der Waals surface area contributed by atoms with Crippen LogP contribution in [0.5, 0.6) is 5.75 Å². The van der Waals surface area contributed by atoms with Gasteiger partial charge in [0.15, 0.2) is 0 Å². The monoisotopic (exact) mass is 596 g/mol. The van der Waals surface area contributed by atoms with E-state index >= 15 is 0 Å². The van der Waals surface area contributed by atoms with Crippen LogP contribution in [0.25, 0.3) is 0 Å². The lowest BCUT2D eigenvalue weighted by molar-refractivity contribution is -0.0149.